The van der Waals surface area contributed by atoms with Gasteiger partial charge in [-0.25, -0.2) is 0 Å². The zero-order valence-electron chi connectivity index (χ0n) is 11.0. The van der Waals surface area contributed by atoms with Gasteiger partial charge in [-0.2, -0.15) is 0 Å². The Kier molecular flexibility index (Phi) is 4.22. The zero-order chi connectivity index (χ0) is 12.1. The lowest BCUT2D eigenvalue weighted by atomic mass is 9.75. The van der Waals surface area contributed by atoms with Crippen molar-refractivity contribution in [3.8, 4) is 0 Å². The number of rotatable bonds is 3. The molecular formula is C16H25N. The van der Waals surface area contributed by atoms with Crippen LogP contribution in [0, 0.1) is 12.3 Å². The second-order valence-corrected chi connectivity index (χ2v) is 5.72. The van der Waals surface area contributed by atoms with E-state index in [-0.39, 0.29) is 0 Å². The van der Waals surface area contributed by atoms with Crippen LogP contribution in [0.3, 0.4) is 0 Å². The summed E-state index contributed by atoms with van der Waals surface area (Å²) in [5, 5.41) is 0. The van der Waals surface area contributed by atoms with Crippen molar-refractivity contribution in [3.63, 3.8) is 0 Å². The van der Waals surface area contributed by atoms with E-state index in [2.05, 4.69) is 31.2 Å². The molecule has 2 N–H and O–H groups in total. The third-order valence-electron chi connectivity index (χ3n) is 4.42. The molecule has 0 bridgehead atoms. The van der Waals surface area contributed by atoms with Crippen LogP contribution < -0.4 is 5.73 Å². The van der Waals surface area contributed by atoms with Crippen molar-refractivity contribution in [2.45, 2.75) is 51.9 Å². The van der Waals surface area contributed by atoms with Crippen molar-refractivity contribution >= 4 is 0 Å². The average molecular weight is 231 g/mol. The maximum Gasteiger partial charge on any atom is -0.00173 e. The summed E-state index contributed by atoms with van der Waals surface area (Å²) in [7, 11) is 0. The molecule has 0 saturated heterocycles. The third kappa shape index (κ3) is 3.10. The van der Waals surface area contributed by atoms with Crippen LogP contribution in [-0.4, -0.2) is 6.54 Å². The summed E-state index contributed by atoms with van der Waals surface area (Å²) in [6.07, 6.45) is 9.34. The van der Waals surface area contributed by atoms with E-state index >= 15 is 0 Å². The largest absolute Gasteiger partial charge is 0.330 e. The Labute approximate surface area is 105 Å². The Hall–Kier alpha value is -0.820. The Morgan fingerprint density at radius 2 is 1.71 bits per heavy atom. The van der Waals surface area contributed by atoms with E-state index in [4.69, 9.17) is 5.73 Å². The van der Waals surface area contributed by atoms with Gasteiger partial charge in [-0.15, -0.1) is 0 Å². The minimum absolute atomic E-state index is 0.378. The van der Waals surface area contributed by atoms with Gasteiger partial charge in [0.25, 0.3) is 0 Å². The van der Waals surface area contributed by atoms with Crippen LogP contribution in [0.25, 0.3) is 0 Å². The average Bonchev–Trinajstić information content (AvgIpc) is 2.58. The van der Waals surface area contributed by atoms with Gasteiger partial charge in [0.1, 0.15) is 0 Å². The van der Waals surface area contributed by atoms with Crippen LogP contribution >= 0.6 is 0 Å². The van der Waals surface area contributed by atoms with Crippen LogP contribution in [0.2, 0.25) is 0 Å². The summed E-state index contributed by atoms with van der Waals surface area (Å²) in [6.45, 7) is 3.07. The van der Waals surface area contributed by atoms with Gasteiger partial charge in [-0.05, 0) is 49.3 Å². The van der Waals surface area contributed by atoms with E-state index in [1.165, 1.54) is 56.1 Å². The first-order chi connectivity index (χ1) is 8.26. The highest BCUT2D eigenvalue weighted by atomic mass is 14.6. The summed E-state index contributed by atoms with van der Waals surface area (Å²) in [6, 6.07) is 8.78. The maximum absolute atomic E-state index is 6.11. The topological polar surface area (TPSA) is 26.0 Å². The van der Waals surface area contributed by atoms with Gasteiger partial charge < -0.3 is 5.73 Å². The van der Waals surface area contributed by atoms with E-state index in [9.17, 15) is 0 Å². The Balaban J connectivity index is 2.15. The molecule has 1 aromatic carbocycles. The third-order valence-corrected chi connectivity index (χ3v) is 4.42. The first-order valence-corrected chi connectivity index (χ1v) is 7.00. The van der Waals surface area contributed by atoms with Crippen molar-refractivity contribution in [2.24, 2.45) is 11.1 Å². The molecule has 0 aromatic heterocycles. The molecule has 94 valence electrons. The van der Waals surface area contributed by atoms with Gasteiger partial charge in [0.05, 0.1) is 0 Å². The predicted molar refractivity (Wildman–Crippen MR) is 74.1 cm³/mol. The monoisotopic (exact) mass is 231 g/mol. The first kappa shape index (κ1) is 12.6. The zero-order valence-corrected chi connectivity index (χ0v) is 11.0. The summed E-state index contributed by atoms with van der Waals surface area (Å²) in [5.41, 5.74) is 9.40. The molecule has 1 nitrogen and oxygen atoms in total. The van der Waals surface area contributed by atoms with Gasteiger partial charge in [-0.3, -0.25) is 0 Å². The van der Waals surface area contributed by atoms with Gasteiger partial charge in [0.2, 0.25) is 0 Å². The van der Waals surface area contributed by atoms with Gasteiger partial charge >= 0.3 is 0 Å². The van der Waals surface area contributed by atoms with E-state index < -0.39 is 0 Å². The van der Waals surface area contributed by atoms with Crippen LogP contribution in [0.4, 0.5) is 0 Å². The minimum atomic E-state index is 0.378. The summed E-state index contributed by atoms with van der Waals surface area (Å²) in [5.74, 6) is 0. The summed E-state index contributed by atoms with van der Waals surface area (Å²) >= 11 is 0. The molecule has 0 aliphatic heterocycles. The van der Waals surface area contributed by atoms with E-state index in [0.717, 1.165) is 6.54 Å². The van der Waals surface area contributed by atoms with E-state index in [1.54, 1.807) is 0 Å². The lowest BCUT2D eigenvalue weighted by Crippen LogP contribution is -2.32. The highest BCUT2D eigenvalue weighted by Crippen LogP contribution is 2.37. The second kappa shape index (κ2) is 5.68. The molecular weight excluding hydrogens is 206 g/mol. The molecule has 1 saturated carbocycles. The molecule has 0 amide bonds. The molecule has 1 aliphatic rings. The number of benzene rings is 1. The fraction of sp³-hybridized carbons (Fsp3) is 0.625. The molecule has 0 atom stereocenters. The van der Waals surface area contributed by atoms with Crippen LogP contribution in [0.15, 0.2) is 24.3 Å². The second-order valence-electron chi connectivity index (χ2n) is 5.72. The van der Waals surface area contributed by atoms with Crippen molar-refractivity contribution in [3.05, 3.63) is 35.4 Å². The fourth-order valence-corrected chi connectivity index (χ4v) is 3.14. The number of aryl methyl sites for hydroxylation is 1. The first-order valence-electron chi connectivity index (χ1n) is 7.00. The summed E-state index contributed by atoms with van der Waals surface area (Å²) in [4.78, 5) is 0. The molecule has 0 spiro atoms. The van der Waals surface area contributed by atoms with E-state index in [0.29, 0.717) is 5.41 Å². The summed E-state index contributed by atoms with van der Waals surface area (Å²) < 4.78 is 0. The SMILES string of the molecule is Cc1ccccc1CC1(CN)CCCCCC1. The van der Waals surface area contributed by atoms with Crippen molar-refractivity contribution in [1.29, 1.82) is 0 Å². The van der Waals surface area contributed by atoms with Gasteiger partial charge in [0.15, 0.2) is 0 Å². The maximum atomic E-state index is 6.11. The quantitative estimate of drug-likeness (QED) is 0.786. The molecule has 1 aliphatic carbocycles. The molecule has 2 rings (SSSR count). The predicted octanol–water partition coefficient (Wildman–Crippen LogP) is 3.84. The standard InChI is InChI=1S/C16H25N/c1-14-8-4-5-9-15(14)12-16(13-17)10-6-2-3-7-11-16/h4-5,8-9H,2-3,6-7,10-13,17H2,1H3. The molecule has 1 fully saturated rings. The Bertz CT molecular complexity index is 348. The van der Waals surface area contributed by atoms with Gasteiger partial charge in [-0.1, -0.05) is 49.9 Å². The Morgan fingerprint density at radius 1 is 1.06 bits per heavy atom. The van der Waals surface area contributed by atoms with Crippen molar-refractivity contribution < 1.29 is 0 Å². The minimum Gasteiger partial charge on any atom is -0.330 e. The van der Waals surface area contributed by atoms with Crippen LogP contribution in [0.5, 0.6) is 0 Å². The van der Waals surface area contributed by atoms with Gasteiger partial charge in [0, 0.05) is 0 Å². The molecule has 0 unspecified atom stereocenters. The van der Waals surface area contributed by atoms with Crippen LogP contribution in [0.1, 0.15) is 49.7 Å². The highest BCUT2D eigenvalue weighted by Gasteiger charge is 2.29. The van der Waals surface area contributed by atoms with Crippen LogP contribution in [-0.2, 0) is 6.42 Å². The smallest absolute Gasteiger partial charge is 0.00173 e. The molecule has 0 heterocycles. The number of nitrogens with two attached hydrogens (primary N) is 1. The molecule has 0 radical (unpaired) electrons. The van der Waals surface area contributed by atoms with Crippen molar-refractivity contribution in [1.82, 2.24) is 0 Å². The fourth-order valence-electron chi connectivity index (χ4n) is 3.14. The molecule has 1 aromatic rings. The van der Waals surface area contributed by atoms with E-state index in [1.807, 2.05) is 0 Å². The molecule has 17 heavy (non-hydrogen) atoms. The van der Waals surface area contributed by atoms with Crippen molar-refractivity contribution in [2.75, 3.05) is 6.54 Å². The Morgan fingerprint density at radius 3 is 2.29 bits per heavy atom. The lowest BCUT2D eigenvalue weighted by Gasteiger charge is -2.32. The normalized spacial score (nSPS) is 19.9. The lowest BCUT2D eigenvalue weighted by molar-refractivity contribution is 0.252. The highest BCUT2D eigenvalue weighted by molar-refractivity contribution is 5.26. The number of hydrogen-bond acceptors (Lipinski definition) is 1. The number of hydrogen-bond donors (Lipinski definition) is 1. The molecule has 1 heteroatoms.